The maximum absolute atomic E-state index is 10.4. The minimum atomic E-state index is -1.09. The Morgan fingerprint density at radius 2 is 2.00 bits per heavy atom. The molecule has 76 valence electrons. The van der Waals surface area contributed by atoms with E-state index < -0.39 is 5.97 Å². The molecule has 0 spiro atoms. The summed E-state index contributed by atoms with van der Waals surface area (Å²) >= 11 is 0. The summed E-state index contributed by atoms with van der Waals surface area (Å²) < 4.78 is 0. The molecule has 0 radical (unpaired) electrons. The first-order valence-electron chi connectivity index (χ1n) is 4.53. The number of hydrogen-bond acceptors (Lipinski definition) is 3. The third kappa shape index (κ3) is 3.20. The topological polar surface area (TPSA) is 68.8 Å². The molecule has 1 N–H and O–H groups in total. The number of hydrogen-bond donors (Lipinski definition) is 1. The molecule has 4 nitrogen and oxygen atoms in total. The van der Waals surface area contributed by atoms with Crippen LogP contribution in [0.5, 0.6) is 0 Å². The molecule has 2 rings (SSSR count). The van der Waals surface area contributed by atoms with Gasteiger partial charge in [-0.3, -0.25) is 4.98 Å². The van der Waals surface area contributed by atoms with Crippen molar-refractivity contribution in [3.63, 3.8) is 0 Å². The molecule has 0 unspecified atom stereocenters. The van der Waals surface area contributed by atoms with Crippen molar-refractivity contribution >= 4 is 5.97 Å². The summed E-state index contributed by atoms with van der Waals surface area (Å²) in [5.41, 5.74) is 2.60. The van der Waals surface area contributed by atoms with E-state index in [-0.39, 0.29) is 36.0 Å². The minimum Gasteiger partial charge on any atom is -0.550 e. The zero-order chi connectivity index (χ0) is 10.7. The van der Waals surface area contributed by atoms with E-state index in [0.29, 0.717) is 5.69 Å². The third-order valence-corrected chi connectivity index (χ3v) is 2.09. The van der Waals surface area contributed by atoms with Crippen molar-refractivity contribution < 1.29 is 39.5 Å². The number of pyridine rings is 1. The van der Waals surface area contributed by atoms with Crippen LogP contribution in [0.2, 0.25) is 0 Å². The molecule has 16 heavy (non-hydrogen) atoms. The SMILES string of the molecule is O=C([O-])Cc1cc(-c2ccncc2)c[nH]1.[Na+]. The molecule has 2 aromatic rings. The molecule has 0 aliphatic heterocycles. The van der Waals surface area contributed by atoms with Gasteiger partial charge in [-0.2, -0.15) is 0 Å². The molecular formula is C11H9N2NaO2. The Bertz CT molecular complexity index is 468. The Morgan fingerprint density at radius 1 is 1.31 bits per heavy atom. The van der Waals surface area contributed by atoms with Crippen LogP contribution in [0.4, 0.5) is 0 Å². The summed E-state index contributed by atoms with van der Waals surface area (Å²) in [6.07, 6.45) is 5.07. The second-order valence-corrected chi connectivity index (χ2v) is 3.20. The van der Waals surface area contributed by atoms with E-state index in [9.17, 15) is 9.90 Å². The Kier molecular flexibility index (Phi) is 4.73. The predicted octanol–water partition coefficient (Wildman–Crippen LogP) is -2.63. The third-order valence-electron chi connectivity index (χ3n) is 2.09. The molecule has 0 saturated heterocycles. The molecule has 0 atom stereocenters. The van der Waals surface area contributed by atoms with Crippen LogP contribution in [0.25, 0.3) is 11.1 Å². The zero-order valence-electron chi connectivity index (χ0n) is 8.93. The van der Waals surface area contributed by atoms with E-state index in [1.165, 1.54) is 0 Å². The smallest absolute Gasteiger partial charge is 0.550 e. The van der Waals surface area contributed by atoms with E-state index in [1.807, 2.05) is 12.1 Å². The number of rotatable bonds is 3. The summed E-state index contributed by atoms with van der Waals surface area (Å²) in [6, 6.07) is 5.53. The average Bonchev–Trinajstić information content (AvgIpc) is 2.67. The zero-order valence-corrected chi connectivity index (χ0v) is 10.9. The van der Waals surface area contributed by atoms with E-state index in [1.54, 1.807) is 24.7 Å². The maximum atomic E-state index is 10.4. The second-order valence-electron chi connectivity index (χ2n) is 3.20. The fraction of sp³-hybridized carbons (Fsp3) is 0.0909. The number of carboxylic acid groups (broad SMARTS) is 1. The van der Waals surface area contributed by atoms with Crippen molar-refractivity contribution in [2.24, 2.45) is 0 Å². The molecule has 0 bridgehead atoms. The fourth-order valence-corrected chi connectivity index (χ4v) is 1.41. The number of carboxylic acids is 1. The van der Waals surface area contributed by atoms with Crippen molar-refractivity contribution in [3.8, 4) is 11.1 Å². The van der Waals surface area contributed by atoms with Crippen molar-refractivity contribution in [1.29, 1.82) is 0 Å². The molecule has 0 aromatic carbocycles. The molecule has 2 heterocycles. The molecule has 5 heteroatoms. The molecule has 0 fully saturated rings. The number of nitrogens with zero attached hydrogens (tertiary/aromatic N) is 1. The van der Waals surface area contributed by atoms with Crippen molar-refractivity contribution in [3.05, 3.63) is 42.5 Å². The standard InChI is InChI=1S/C11H10N2O2.Na/c14-11(15)6-10-5-9(7-13-10)8-1-3-12-4-2-8;/h1-5,7,13H,6H2,(H,14,15);/q;+1/p-1. The van der Waals surface area contributed by atoms with Crippen LogP contribution >= 0.6 is 0 Å². The van der Waals surface area contributed by atoms with Crippen molar-refractivity contribution in [2.45, 2.75) is 6.42 Å². The Labute approximate surface area is 115 Å². The first-order chi connectivity index (χ1) is 7.25. The fourth-order valence-electron chi connectivity index (χ4n) is 1.41. The van der Waals surface area contributed by atoms with E-state index in [2.05, 4.69) is 9.97 Å². The summed E-state index contributed by atoms with van der Waals surface area (Å²) in [5.74, 6) is -1.09. The van der Waals surface area contributed by atoms with E-state index in [4.69, 9.17) is 0 Å². The summed E-state index contributed by atoms with van der Waals surface area (Å²) in [5, 5.41) is 10.4. The van der Waals surface area contributed by atoms with Gasteiger partial charge in [0.25, 0.3) is 0 Å². The van der Waals surface area contributed by atoms with Crippen LogP contribution in [0.1, 0.15) is 5.69 Å². The van der Waals surface area contributed by atoms with Crippen LogP contribution in [-0.4, -0.2) is 15.9 Å². The van der Waals surface area contributed by atoms with Gasteiger partial charge in [-0.05, 0) is 29.3 Å². The maximum Gasteiger partial charge on any atom is 1.00 e. The normalized spacial score (nSPS) is 9.50. The average molecular weight is 224 g/mol. The van der Waals surface area contributed by atoms with Crippen molar-refractivity contribution in [1.82, 2.24) is 9.97 Å². The number of nitrogens with one attached hydrogen (secondary N) is 1. The largest absolute Gasteiger partial charge is 1.00 e. The Balaban J connectivity index is 0.00000128. The van der Waals surface area contributed by atoms with Gasteiger partial charge in [0.15, 0.2) is 0 Å². The van der Waals surface area contributed by atoms with Gasteiger partial charge in [0.1, 0.15) is 0 Å². The van der Waals surface area contributed by atoms with Gasteiger partial charge in [0, 0.05) is 36.7 Å². The monoisotopic (exact) mass is 224 g/mol. The van der Waals surface area contributed by atoms with E-state index in [0.717, 1.165) is 11.1 Å². The first kappa shape index (κ1) is 13.0. The number of carbonyl (C=O) groups is 1. The summed E-state index contributed by atoms with van der Waals surface area (Å²) in [6.45, 7) is 0. The second kappa shape index (κ2) is 5.84. The molecule has 0 aliphatic rings. The minimum absolute atomic E-state index is 0. The van der Waals surface area contributed by atoms with Crippen LogP contribution < -0.4 is 34.7 Å². The number of aromatic amines is 1. The molecular weight excluding hydrogens is 215 g/mol. The van der Waals surface area contributed by atoms with Gasteiger partial charge in [0.2, 0.25) is 0 Å². The molecule has 2 aromatic heterocycles. The van der Waals surface area contributed by atoms with Crippen LogP contribution in [0, 0.1) is 0 Å². The number of H-pyrrole nitrogens is 1. The molecule has 0 saturated carbocycles. The summed E-state index contributed by atoms with van der Waals surface area (Å²) in [4.78, 5) is 17.2. The molecule has 0 amide bonds. The predicted molar refractivity (Wildman–Crippen MR) is 52.7 cm³/mol. The van der Waals surface area contributed by atoms with Gasteiger partial charge in [-0.1, -0.05) is 0 Å². The quantitative estimate of drug-likeness (QED) is 0.580. The van der Waals surface area contributed by atoms with Crippen LogP contribution in [0.15, 0.2) is 36.8 Å². The summed E-state index contributed by atoms with van der Waals surface area (Å²) in [7, 11) is 0. The Morgan fingerprint density at radius 3 is 2.62 bits per heavy atom. The number of carbonyl (C=O) groups excluding carboxylic acids is 1. The van der Waals surface area contributed by atoms with Gasteiger partial charge in [-0.25, -0.2) is 0 Å². The number of aliphatic carboxylic acids is 1. The Hall–Kier alpha value is -1.10. The van der Waals surface area contributed by atoms with E-state index >= 15 is 0 Å². The first-order valence-corrected chi connectivity index (χ1v) is 4.53. The molecule has 0 aliphatic carbocycles. The van der Waals surface area contributed by atoms with Gasteiger partial charge < -0.3 is 14.9 Å². The number of aromatic nitrogens is 2. The van der Waals surface area contributed by atoms with Gasteiger partial charge in [-0.15, -0.1) is 0 Å². The van der Waals surface area contributed by atoms with Crippen LogP contribution in [0.3, 0.4) is 0 Å². The van der Waals surface area contributed by atoms with Gasteiger partial charge in [0.05, 0.1) is 0 Å². The van der Waals surface area contributed by atoms with Crippen molar-refractivity contribution in [2.75, 3.05) is 0 Å². The van der Waals surface area contributed by atoms with Gasteiger partial charge >= 0.3 is 29.6 Å². The van der Waals surface area contributed by atoms with Crippen LogP contribution in [-0.2, 0) is 11.2 Å².